The summed E-state index contributed by atoms with van der Waals surface area (Å²) in [4.78, 5) is 12.3. The zero-order valence-electron chi connectivity index (χ0n) is 14.6. The van der Waals surface area contributed by atoms with Crippen molar-refractivity contribution in [2.75, 3.05) is 0 Å². The average molecular weight is 356 g/mol. The lowest BCUT2D eigenvalue weighted by Gasteiger charge is -2.05. The normalized spacial score (nSPS) is 10.6. The van der Waals surface area contributed by atoms with Gasteiger partial charge in [-0.05, 0) is 61.0 Å². The monoisotopic (exact) mass is 356 g/mol. The largest absolute Gasteiger partial charge is 0.423 e. The zero-order chi connectivity index (χ0) is 18.6. The summed E-state index contributed by atoms with van der Waals surface area (Å²) >= 11 is 0. The van der Waals surface area contributed by atoms with Gasteiger partial charge in [0, 0.05) is 11.1 Å². The third kappa shape index (κ3) is 3.77. The van der Waals surface area contributed by atoms with Crippen LogP contribution in [0.1, 0.15) is 15.9 Å². The highest BCUT2D eigenvalue weighted by molar-refractivity contribution is 5.91. The molecule has 0 atom stereocenters. The highest BCUT2D eigenvalue weighted by Gasteiger charge is 2.13. The molecular formula is C22H16N2O3. The highest BCUT2D eigenvalue weighted by Crippen LogP contribution is 2.24. The van der Waals surface area contributed by atoms with Gasteiger partial charge in [-0.1, -0.05) is 30.3 Å². The van der Waals surface area contributed by atoms with Crippen molar-refractivity contribution in [2.24, 2.45) is 0 Å². The summed E-state index contributed by atoms with van der Waals surface area (Å²) in [6.45, 7) is 1.94. The third-order valence-corrected chi connectivity index (χ3v) is 4.01. The van der Waals surface area contributed by atoms with Crippen LogP contribution in [-0.2, 0) is 0 Å². The maximum Gasteiger partial charge on any atom is 0.343 e. The molecule has 132 valence electrons. The van der Waals surface area contributed by atoms with Crippen LogP contribution in [-0.4, -0.2) is 16.2 Å². The number of benzene rings is 3. The second kappa shape index (κ2) is 7.25. The molecule has 0 radical (unpaired) electrons. The van der Waals surface area contributed by atoms with E-state index in [-0.39, 0.29) is 0 Å². The maximum atomic E-state index is 12.3. The van der Waals surface area contributed by atoms with Crippen LogP contribution in [0.25, 0.3) is 22.9 Å². The first-order valence-electron chi connectivity index (χ1n) is 8.47. The lowest BCUT2D eigenvalue weighted by atomic mass is 10.1. The average Bonchev–Trinajstić information content (AvgIpc) is 3.19. The van der Waals surface area contributed by atoms with E-state index in [4.69, 9.17) is 9.15 Å². The molecule has 0 aliphatic carbocycles. The van der Waals surface area contributed by atoms with Crippen molar-refractivity contribution >= 4 is 5.97 Å². The second-order valence-electron chi connectivity index (χ2n) is 6.06. The van der Waals surface area contributed by atoms with Crippen LogP contribution >= 0.6 is 0 Å². The molecule has 0 saturated heterocycles. The minimum absolute atomic E-state index is 0.396. The summed E-state index contributed by atoms with van der Waals surface area (Å²) in [5, 5.41) is 8.16. The van der Waals surface area contributed by atoms with Gasteiger partial charge in [0.25, 0.3) is 0 Å². The molecule has 1 heterocycles. The molecule has 4 aromatic rings. The number of rotatable bonds is 4. The Morgan fingerprint density at radius 2 is 1.48 bits per heavy atom. The predicted octanol–water partition coefficient (Wildman–Crippen LogP) is 4.93. The van der Waals surface area contributed by atoms with Crippen molar-refractivity contribution in [3.63, 3.8) is 0 Å². The van der Waals surface area contributed by atoms with Gasteiger partial charge in [0.2, 0.25) is 11.8 Å². The molecule has 0 unspecified atom stereocenters. The van der Waals surface area contributed by atoms with E-state index in [9.17, 15) is 4.79 Å². The number of nitrogens with zero attached hydrogens (tertiary/aromatic N) is 2. The summed E-state index contributed by atoms with van der Waals surface area (Å²) in [6, 6.07) is 23.8. The highest BCUT2D eigenvalue weighted by atomic mass is 16.5. The molecule has 1 aromatic heterocycles. The fourth-order valence-electron chi connectivity index (χ4n) is 2.63. The molecule has 5 heteroatoms. The van der Waals surface area contributed by atoms with Gasteiger partial charge in [-0.25, -0.2) is 4.79 Å². The number of ether oxygens (including phenoxy) is 1. The van der Waals surface area contributed by atoms with Gasteiger partial charge < -0.3 is 9.15 Å². The summed E-state index contributed by atoms with van der Waals surface area (Å²) in [7, 11) is 0. The zero-order valence-corrected chi connectivity index (χ0v) is 14.6. The Kier molecular flexibility index (Phi) is 4.49. The molecule has 0 fully saturated rings. The number of aryl methyl sites for hydroxylation is 1. The van der Waals surface area contributed by atoms with Crippen LogP contribution in [0, 0.1) is 6.92 Å². The topological polar surface area (TPSA) is 65.2 Å². The minimum Gasteiger partial charge on any atom is -0.423 e. The fourth-order valence-corrected chi connectivity index (χ4v) is 2.63. The summed E-state index contributed by atoms with van der Waals surface area (Å²) < 4.78 is 11.1. The van der Waals surface area contributed by atoms with E-state index in [1.807, 2.05) is 55.5 Å². The molecule has 0 aliphatic heterocycles. The summed E-state index contributed by atoms with van der Waals surface area (Å²) in [6.07, 6.45) is 0. The molecule has 0 saturated carbocycles. The predicted molar refractivity (Wildman–Crippen MR) is 101 cm³/mol. The van der Waals surface area contributed by atoms with Gasteiger partial charge in [-0.15, -0.1) is 10.2 Å². The standard InChI is InChI=1S/C22H16N2O3/c1-15-6-5-9-19(14-15)26-22(25)18-12-10-17(11-13-18)21-24-23-20(27-21)16-7-3-2-4-8-16/h2-14H,1H3. The summed E-state index contributed by atoms with van der Waals surface area (Å²) in [5.41, 5.74) is 3.07. The van der Waals surface area contributed by atoms with E-state index < -0.39 is 5.97 Å². The van der Waals surface area contributed by atoms with E-state index in [0.717, 1.165) is 16.7 Å². The van der Waals surface area contributed by atoms with Gasteiger partial charge in [-0.2, -0.15) is 0 Å². The van der Waals surface area contributed by atoms with Crippen LogP contribution in [0.4, 0.5) is 0 Å². The lowest BCUT2D eigenvalue weighted by molar-refractivity contribution is 0.0734. The van der Waals surface area contributed by atoms with Crippen molar-refractivity contribution in [1.29, 1.82) is 0 Å². The molecule has 27 heavy (non-hydrogen) atoms. The Bertz CT molecular complexity index is 1070. The number of hydrogen-bond donors (Lipinski definition) is 0. The SMILES string of the molecule is Cc1cccc(OC(=O)c2ccc(-c3nnc(-c4ccccc4)o3)cc2)c1. The Balaban J connectivity index is 1.51. The number of esters is 1. The van der Waals surface area contributed by atoms with Crippen molar-refractivity contribution in [2.45, 2.75) is 6.92 Å². The number of aromatic nitrogens is 2. The van der Waals surface area contributed by atoms with Crippen LogP contribution in [0.5, 0.6) is 5.75 Å². The first kappa shape index (κ1) is 16.7. The molecule has 0 bridgehead atoms. The van der Waals surface area contributed by atoms with Crippen LogP contribution in [0.15, 0.2) is 83.3 Å². The van der Waals surface area contributed by atoms with Gasteiger partial charge in [0.1, 0.15) is 5.75 Å². The Morgan fingerprint density at radius 1 is 0.815 bits per heavy atom. The van der Waals surface area contributed by atoms with Crippen molar-refractivity contribution in [3.05, 3.63) is 90.0 Å². The molecule has 0 N–H and O–H groups in total. The Morgan fingerprint density at radius 3 is 2.15 bits per heavy atom. The van der Waals surface area contributed by atoms with Crippen LogP contribution < -0.4 is 4.74 Å². The second-order valence-corrected chi connectivity index (χ2v) is 6.06. The summed E-state index contributed by atoms with van der Waals surface area (Å²) in [5.74, 6) is 0.956. The van der Waals surface area contributed by atoms with Crippen molar-refractivity contribution < 1.29 is 13.9 Å². The van der Waals surface area contributed by atoms with Crippen LogP contribution in [0.2, 0.25) is 0 Å². The van der Waals surface area contributed by atoms with E-state index in [0.29, 0.717) is 23.1 Å². The Labute approximate surface area is 156 Å². The van der Waals surface area contributed by atoms with E-state index in [1.54, 1.807) is 30.3 Å². The van der Waals surface area contributed by atoms with Crippen molar-refractivity contribution in [3.8, 4) is 28.7 Å². The quantitative estimate of drug-likeness (QED) is 0.383. The molecular weight excluding hydrogens is 340 g/mol. The fraction of sp³-hybridized carbons (Fsp3) is 0.0455. The smallest absolute Gasteiger partial charge is 0.343 e. The van der Waals surface area contributed by atoms with E-state index >= 15 is 0 Å². The maximum absolute atomic E-state index is 12.3. The Hall–Kier alpha value is -3.73. The van der Waals surface area contributed by atoms with E-state index in [1.165, 1.54) is 0 Å². The molecule has 5 nitrogen and oxygen atoms in total. The number of carbonyl (C=O) groups is 1. The number of hydrogen-bond acceptors (Lipinski definition) is 5. The van der Waals surface area contributed by atoms with Crippen molar-refractivity contribution in [1.82, 2.24) is 10.2 Å². The minimum atomic E-state index is -0.414. The van der Waals surface area contributed by atoms with Crippen LogP contribution in [0.3, 0.4) is 0 Å². The van der Waals surface area contributed by atoms with Gasteiger partial charge in [0.15, 0.2) is 0 Å². The van der Waals surface area contributed by atoms with E-state index in [2.05, 4.69) is 10.2 Å². The molecule has 0 spiro atoms. The van der Waals surface area contributed by atoms with Gasteiger partial charge in [0.05, 0.1) is 5.56 Å². The third-order valence-electron chi connectivity index (χ3n) is 4.01. The molecule has 0 aliphatic rings. The van der Waals surface area contributed by atoms with Gasteiger partial charge >= 0.3 is 5.97 Å². The molecule has 3 aromatic carbocycles. The lowest BCUT2D eigenvalue weighted by Crippen LogP contribution is -2.08. The number of carbonyl (C=O) groups excluding carboxylic acids is 1. The first-order chi connectivity index (χ1) is 13.2. The molecule has 4 rings (SSSR count). The van der Waals surface area contributed by atoms with Gasteiger partial charge in [-0.3, -0.25) is 0 Å². The molecule has 0 amide bonds. The first-order valence-corrected chi connectivity index (χ1v) is 8.47.